The maximum absolute atomic E-state index is 14.9. The maximum Gasteiger partial charge on any atom is 0.321 e. The molecule has 0 unspecified atom stereocenters. The number of hydrogen-bond donors (Lipinski definition) is 1. The Morgan fingerprint density at radius 1 is 1.07 bits per heavy atom. The number of aromatic nitrogens is 1. The Bertz CT molecular complexity index is 1430. The van der Waals surface area contributed by atoms with Crippen molar-refractivity contribution < 1.29 is 23.5 Å². The van der Waals surface area contributed by atoms with Crippen molar-refractivity contribution in [2.45, 2.75) is 50.6 Å². The monoisotopic (exact) mass is 580 g/mol. The van der Waals surface area contributed by atoms with Crippen LogP contribution < -0.4 is 4.90 Å². The first-order valence-corrected chi connectivity index (χ1v) is 15.1. The minimum Gasteiger partial charge on any atom is -0.480 e. The van der Waals surface area contributed by atoms with E-state index >= 15 is 0 Å². The third kappa shape index (κ3) is 5.59. The maximum atomic E-state index is 14.9. The topological polar surface area (TPSA) is 77.0 Å². The van der Waals surface area contributed by atoms with E-state index in [4.69, 9.17) is 0 Å². The lowest BCUT2D eigenvalue weighted by atomic mass is 9.87. The molecule has 10 heteroatoms. The molecule has 2 saturated heterocycles. The van der Waals surface area contributed by atoms with Crippen LogP contribution in [-0.4, -0.2) is 76.6 Å². The first-order chi connectivity index (χ1) is 19.8. The normalized spacial score (nSPS) is 23.5. The quantitative estimate of drug-likeness (QED) is 0.448. The molecule has 41 heavy (non-hydrogen) atoms. The van der Waals surface area contributed by atoms with E-state index in [9.17, 15) is 23.5 Å². The molecule has 2 aromatic carbocycles. The fourth-order valence-electron chi connectivity index (χ4n) is 6.86. The SMILES string of the molecule is C[C@H]1CN([C@@H](Cc2ccc3c(c2)CCC3)C(=O)O)CCN1C(=O)[C@@H]1CN(c2nccs2)C[C@H]1c1ccc(F)cc1F. The summed E-state index contributed by atoms with van der Waals surface area (Å²) in [6.45, 7) is 4.00. The van der Waals surface area contributed by atoms with Crippen molar-refractivity contribution in [1.82, 2.24) is 14.8 Å². The molecule has 3 aromatic rings. The van der Waals surface area contributed by atoms with Crippen molar-refractivity contribution in [2.24, 2.45) is 5.92 Å². The third-order valence-corrected chi connectivity index (χ3v) is 9.78. The molecule has 0 radical (unpaired) electrons. The van der Waals surface area contributed by atoms with Crippen molar-refractivity contribution in [3.8, 4) is 0 Å². The number of benzene rings is 2. The van der Waals surface area contributed by atoms with Crippen molar-refractivity contribution in [3.05, 3.63) is 81.9 Å². The van der Waals surface area contributed by atoms with Gasteiger partial charge in [-0.2, -0.15) is 0 Å². The number of nitrogens with zero attached hydrogens (tertiary/aromatic N) is 4. The highest BCUT2D eigenvalue weighted by Crippen LogP contribution is 2.39. The van der Waals surface area contributed by atoms with E-state index in [-0.39, 0.29) is 11.9 Å². The van der Waals surface area contributed by atoms with Gasteiger partial charge in [0.15, 0.2) is 5.13 Å². The Labute approximate surface area is 242 Å². The summed E-state index contributed by atoms with van der Waals surface area (Å²) in [6, 6.07) is 8.99. The van der Waals surface area contributed by atoms with Gasteiger partial charge in [-0.1, -0.05) is 24.3 Å². The number of fused-ring (bicyclic) bond motifs is 1. The standard InChI is InChI=1S/C31H34F2N4O3S/c1-19-16-35(28(30(39)40)14-20-5-6-21-3-2-4-22(21)13-20)10-11-37(19)29(38)26-18-36(31-34-9-12-41-31)17-25(26)24-8-7-23(32)15-27(24)33/h5-9,12-13,15,19,25-26,28H,2-4,10-11,14,16-18H2,1H3,(H,39,40)/t19-,25-,26+,28-/m0/s1. The molecule has 0 spiro atoms. The third-order valence-electron chi connectivity index (χ3n) is 8.95. The van der Waals surface area contributed by atoms with Gasteiger partial charge in [0.2, 0.25) is 5.91 Å². The molecule has 1 N–H and O–H groups in total. The summed E-state index contributed by atoms with van der Waals surface area (Å²) in [4.78, 5) is 36.6. The van der Waals surface area contributed by atoms with Gasteiger partial charge in [0.1, 0.15) is 17.7 Å². The number of hydrogen-bond acceptors (Lipinski definition) is 6. The van der Waals surface area contributed by atoms with E-state index in [1.165, 1.54) is 34.6 Å². The van der Waals surface area contributed by atoms with Crippen molar-refractivity contribution in [3.63, 3.8) is 0 Å². The fourth-order valence-corrected chi connectivity index (χ4v) is 7.52. The minimum absolute atomic E-state index is 0.0876. The van der Waals surface area contributed by atoms with E-state index in [2.05, 4.69) is 17.1 Å². The summed E-state index contributed by atoms with van der Waals surface area (Å²) < 4.78 is 28.6. The van der Waals surface area contributed by atoms with Crippen LogP contribution in [-0.2, 0) is 28.9 Å². The Balaban J connectivity index is 1.18. The van der Waals surface area contributed by atoms with Gasteiger partial charge in [0.05, 0.1) is 5.92 Å². The second-order valence-electron chi connectivity index (χ2n) is 11.5. The lowest BCUT2D eigenvalue weighted by Gasteiger charge is -2.43. The number of carboxylic acids is 1. The Hall–Kier alpha value is -3.37. The average molecular weight is 581 g/mol. The second kappa shape index (κ2) is 11.5. The van der Waals surface area contributed by atoms with Gasteiger partial charge in [-0.3, -0.25) is 14.5 Å². The van der Waals surface area contributed by atoms with Crippen LogP contribution in [0, 0.1) is 17.6 Å². The number of aryl methyl sites for hydroxylation is 2. The molecule has 1 aliphatic carbocycles. The highest BCUT2D eigenvalue weighted by molar-refractivity contribution is 7.13. The van der Waals surface area contributed by atoms with Crippen LogP contribution in [0.25, 0.3) is 0 Å². The molecule has 4 atom stereocenters. The number of rotatable bonds is 7. The molecule has 3 heterocycles. The Morgan fingerprint density at radius 2 is 1.90 bits per heavy atom. The molecule has 216 valence electrons. The van der Waals surface area contributed by atoms with Gasteiger partial charge in [-0.25, -0.2) is 13.8 Å². The zero-order valence-corrected chi connectivity index (χ0v) is 23.8. The second-order valence-corrected chi connectivity index (χ2v) is 12.4. The predicted molar refractivity (Wildman–Crippen MR) is 153 cm³/mol. The van der Waals surface area contributed by atoms with Gasteiger partial charge in [0.25, 0.3) is 0 Å². The molecule has 6 rings (SSSR count). The molecule has 1 aromatic heterocycles. The molecule has 2 aliphatic heterocycles. The van der Waals surface area contributed by atoms with E-state index in [0.717, 1.165) is 36.0 Å². The molecular weight excluding hydrogens is 546 g/mol. The minimum atomic E-state index is -0.862. The van der Waals surface area contributed by atoms with Gasteiger partial charge < -0.3 is 14.9 Å². The van der Waals surface area contributed by atoms with Crippen molar-refractivity contribution in [2.75, 3.05) is 37.6 Å². The average Bonchev–Trinajstić information content (AvgIpc) is 3.72. The summed E-state index contributed by atoms with van der Waals surface area (Å²) in [7, 11) is 0. The van der Waals surface area contributed by atoms with Crippen molar-refractivity contribution in [1.29, 1.82) is 0 Å². The molecule has 3 aliphatic rings. The number of piperazine rings is 1. The number of carbonyl (C=O) groups excluding carboxylic acids is 1. The highest BCUT2D eigenvalue weighted by Gasteiger charge is 2.44. The predicted octanol–water partition coefficient (Wildman–Crippen LogP) is 4.36. The Morgan fingerprint density at radius 3 is 2.63 bits per heavy atom. The van der Waals surface area contributed by atoms with E-state index in [1.807, 2.05) is 33.1 Å². The van der Waals surface area contributed by atoms with Crippen LogP contribution in [0.15, 0.2) is 48.0 Å². The highest BCUT2D eigenvalue weighted by atomic mass is 32.1. The van der Waals surface area contributed by atoms with Crippen LogP contribution in [0.2, 0.25) is 0 Å². The van der Waals surface area contributed by atoms with E-state index in [1.54, 1.807) is 6.20 Å². The lowest BCUT2D eigenvalue weighted by Crippen LogP contribution is -2.59. The molecule has 0 saturated carbocycles. The summed E-state index contributed by atoms with van der Waals surface area (Å²) in [5.41, 5.74) is 4.04. The number of anilines is 1. The Kier molecular flexibility index (Phi) is 7.78. The summed E-state index contributed by atoms with van der Waals surface area (Å²) >= 11 is 1.46. The molecule has 0 bridgehead atoms. The number of aliphatic carboxylic acids is 1. The number of halogens is 2. The van der Waals surface area contributed by atoms with E-state index < -0.39 is 35.5 Å². The summed E-state index contributed by atoms with van der Waals surface area (Å²) in [6.07, 6.45) is 5.39. The number of carboxylic acid groups (broad SMARTS) is 1. The van der Waals surface area contributed by atoms with Gasteiger partial charge in [-0.05, 0) is 60.9 Å². The van der Waals surface area contributed by atoms with Gasteiger partial charge in [-0.15, -0.1) is 11.3 Å². The van der Waals surface area contributed by atoms with Gasteiger partial charge in [0, 0.05) is 62.3 Å². The first-order valence-electron chi connectivity index (χ1n) is 14.3. The number of amides is 1. The molecular formula is C31H34F2N4O3S. The number of carbonyl (C=O) groups is 2. The van der Waals surface area contributed by atoms with Crippen LogP contribution in [0.4, 0.5) is 13.9 Å². The van der Waals surface area contributed by atoms with Crippen LogP contribution >= 0.6 is 11.3 Å². The largest absolute Gasteiger partial charge is 0.480 e. The number of thiazole rings is 1. The zero-order chi connectivity index (χ0) is 28.7. The van der Waals surface area contributed by atoms with Crippen molar-refractivity contribution >= 4 is 28.3 Å². The fraction of sp³-hybridized carbons (Fsp3) is 0.452. The molecule has 1 amide bonds. The molecule has 7 nitrogen and oxygen atoms in total. The van der Waals surface area contributed by atoms with Gasteiger partial charge >= 0.3 is 5.97 Å². The van der Waals surface area contributed by atoms with Crippen LogP contribution in [0.1, 0.15) is 41.5 Å². The summed E-state index contributed by atoms with van der Waals surface area (Å²) in [5.74, 6) is -3.24. The smallest absolute Gasteiger partial charge is 0.321 e. The summed E-state index contributed by atoms with van der Waals surface area (Å²) in [5, 5.41) is 12.8. The molecule has 2 fully saturated rings. The lowest BCUT2D eigenvalue weighted by molar-refractivity contribution is -0.147. The zero-order valence-electron chi connectivity index (χ0n) is 23.0. The first kappa shape index (κ1) is 27.8. The van der Waals surface area contributed by atoms with Crippen LogP contribution in [0.3, 0.4) is 0 Å². The van der Waals surface area contributed by atoms with Crippen LogP contribution in [0.5, 0.6) is 0 Å². The van der Waals surface area contributed by atoms with E-state index in [0.29, 0.717) is 44.7 Å².